The molecule has 28 heavy (non-hydrogen) atoms. The second kappa shape index (κ2) is 6.40. The first-order valence-electron chi connectivity index (χ1n) is 9.47. The van der Waals surface area contributed by atoms with E-state index >= 15 is 0 Å². The van der Waals surface area contributed by atoms with Gasteiger partial charge in [0.2, 0.25) is 11.8 Å². The molecule has 148 valence electrons. The molecule has 10 heteroatoms. The highest BCUT2D eigenvalue weighted by atomic mass is 16.6. The van der Waals surface area contributed by atoms with Crippen molar-refractivity contribution in [2.24, 2.45) is 11.8 Å². The fourth-order valence-electron chi connectivity index (χ4n) is 4.95. The van der Waals surface area contributed by atoms with Crippen LogP contribution in [0.15, 0.2) is 16.9 Å². The number of aryl methyl sites for hydroxylation is 1. The SMILES string of the molecule is COc1ccnc(N2C[C@@H]3[C@H](CNC(=O)c4nonc4C)[C@H]4CC[C@]3(C2)O4)n1. The first-order chi connectivity index (χ1) is 13.6. The molecule has 2 aromatic heterocycles. The summed E-state index contributed by atoms with van der Waals surface area (Å²) in [5.41, 5.74) is 0.537. The molecule has 3 aliphatic heterocycles. The molecule has 2 bridgehead atoms. The molecular weight excluding hydrogens is 364 g/mol. The van der Waals surface area contributed by atoms with Crippen LogP contribution in [0.25, 0.3) is 0 Å². The van der Waals surface area contributed by atoms with Crippen LogP contribution in [0.1, 0.15) is 29.0 Å². The topological polar surface area (TPSA) is 116 Å². The first-order valence-corrected chi connectivity index (χ1v) is 9.47. The maximum Gasteiger partial charge on any atom is 0.275 e. The summed E-state index contributed by atoms with van der Waals surface area (Å²) < 4.78 is 16.3. The number of carbonyl (C=O) groups is 1. The summed E-state index contributed by atoms with van der Waals surface area (Å²) in [6.07, 6.45) is 3.92. The van der Waals surface area contributed by atoms with E-state index in [-0.39, 0.29) is 29.2 Å². The van der Waals surface area contributed by atoms with Gasteiger partial charge in [-0.3, -0.25) is 4.79 Å². The second-order valence-electron chi connectivity index (χ2n) is 7.72. The largest absolute Gasteiger partial charge is 0.481 e. The zero-order valence-corrected chi connectivity index (χ0v) is 15.8. The molecule has 0 aliphatic carbocycles. The van der Waals surface area contributed by atoms with Gasteiger partial charge in [0, 0.05) is 37.2 Å². The average molecular weight is 386 g/mol. The minimum Gasteiger partial charge on any atom is -0.481 e. The van der Waals surface area contributed by atoms with E-state index in [4.69, 9.17) is 9.47 Å². The number of aromatic nitrogens is 4. The Morgan fingerprint density at radius 2 is 2.36 bits per heavy atom. The van der Waals surface area contributed by atoms with Crippen molar-refractivity contribution < 1.29 is 18.9 Å². The normalized spacial score (nSPS) is 30.5. The van der Waals surface area contributed by atoms with Crippen LogP contribution in [0, 0.1) is 18.8 Å². The van der Waals surface area contributed by atoms with Crippen LogP contribution in [0.5, 0.6) is 5.88 Å². The van der Waals surface area contributed by atoms with Crippen molar-refractivity contribution in [1.29, 1.82) is 0 Å². The lowest BCUT2D eigenvalue weighted by atomic mass is 9.73. The van der Waals surface area contributed by atoms with Crippen LogP contribution in [-0.2, 0) is 4.74 Å². The summed E-state index contributed by atoms with van der Waals surface area (Å²) in [5.74, 6) is 1.50. The summed E-state index contributed by atoms with van der Waals surface area (Å²) in [7, 11) is 1.60. The number of hydrogen-bond donors (Lipinski definition) is 1. The Morgan fingerprint density at radius 3 is 3.14 bits per heavy atom. The smallest absolute Gasteiger partial charge is 0.275 e. The van der Waals surface area contributed by atoms with Crippen LogP contribution in [0.4, 0.5) is 5.95 Å². The summed E-state index contributed by atoms with van der Waals surface area (Å²) in [6.45, 7) is 3.80. The van der Waals surface area contributed by atoms with Gasteiger partial charge in [0.25, 0.3) is 5.91 Å². The number of fused-ring (bicyclic) bond motifs is 1. The van der Waals surface area contributed by atoms with Gasteiger partial charge in [-0.05, 0) is 24.9 Å². The number of ether oxygens (including phenoxy) is 2. The van der Waals surface area contributed by atoms with Gasteiger partial charge in [0.15, 0.2) is 5.69 Å². The lowest BCUT2D eigenvalue weighted by Gasteiger charge is -2.29. The van der Waals surface area contributed by atoms with Gasteiger partial charge in [-0.25, -0.2) is 9.61 Å². The highest BCUT2D eigenvalue weighted by Crippen LogP contribution is 2.55. The van der Waals surface area contributed by atoms with Crippen molar-refractivity contribution in [2.45, 2.75) is 31.5 Å². The van der Waals surface area contributed by atoms with Gasteiger partial charge in [-0.1, -0.05) is 5.16 Å². The number of nitrogens with zero attached hydrogens (tertiary/aromatic N) is 5. The van der Waals surface area contributed by atoms with Crippen molar-refractivity contribution in [3.8, 4) is 5.88 Å². The maximum absolute atomic E-state index is 12.4. The fourth-order valence-corrected chi connectivity index (χ4v) is 4.95. The van der Waals surface area contributed by atoms with E-state index in [0.717, 1.165) is 25.9 Å². The van der Waals surface area contributed by atoms with E-state index in [9.17, 15) is 4.79 Å². The molecule has 0 aromatic carbocycles. The molecule has 3 fully saturated rings. The van der Waals surface area contributed by atoms with Gasteiger partial charge in [-0.2, -0.15) is 4.98 Å². The van der Waals surface area contributed by atoms with Crippen molar-refractivity contribution in [2.75, 3.05) is 31.6 Å². The third-order valence-electron chi connectivity index (χ3n) is 6.26. The predicted octanol–water partition coefficient (Wildman–Crippen LogP) is 0.590. The lowest BCUT2D eigenvalue weighted by Crippen LogP contribution is -2.42. The van der Waals surface area contributed by atoms with Gasteiger partial charge in [0.05, 0.1) is 25.4 Å². The third-order valence-corrected chi connectivity index (χ3v) is 6.26. The molecule has 1 spiro atoms. The quantitative estimate of drug-likeness (QED) is 0.788. The maximum atomic E-state index is 12.4. The van der Waals surface area contributed by atoms with Crippen molar-refractivity contribution in [1.82, 2.24) is 25.6 Å². The summed E-state index contributed by atoms with van der Waals surface area (Å²) in [6, 6.07) is 1.74. The molecule has 5 rings (SSSR count). The molecule has 1 N–H and O–H groups in total. The molecule has 0 unspecified atom stereocenters. The van der Waals surface area contributed by atoms with Crippen molar-refractivity contribution in [3.63, 3.8) is 0 Å². The minimum atomic E-state index is -0.262. The van der Waals surface area contributed by atoms with E-state index in [0.29, 0.717) is 30.0 Å². The predicted molar refractivity (Wildman–Crippen MR) is 96.0 cm³/mol. The molecule has 3 aliphatic rings. The first kappa shape index (κ1) is 17.4. The van der Waals surface area contributed by atoms with E-state index in [1.165, 1.54) is 0 Å². The number of hydrogen-bond acceptors (Lipinski definition) is 9. The summed E-state index contributed by atoms with van der Waals surface area (Å²) in [4.78, 5) is 23.4. The Labute approximate surface area is 161 Å². The molecule has 4 atom stereocenters. The fraction of sp³-hybridized carbons (Fsp3) is 0.611. The van der Waals surface area contributed by atoms with Gasteiger partial charge < -0.3 is 19.7 Å². The third kappa shape index (κ3) is 2.62. The van der Waals surface area contributed by atoms with E-state index in [1.807, 2.05) is 0 Å². The molecule has 2 aromatic rings. The number of carbonyl (C=O) groups excluding carboxylic acids is 1. The minimum absolute atomic E-state index is 0.176. The summed E-state index contributed by atoms with van der Waals surface area (Å²) in [5, 5.41) is 10.3. The molecule has 10 nitrogen and oxygen atoms in total. The summed E-state index contributed by atoms with van der Waals surface area (Å²) >= 11 is 0. The molecule has 5 heterocycles. The van der Waals surface area contributed by atoms with Crippen molar-refractivity contribution >= 4 is 11.9 Å². The Bertz CT molecular complexity index is 904. The van der Waals surface area contributed by atoms with Gasteiger partial charge >= 0.3 is 0 Å². The standard InChI is InChI=1S/C18H22N6O4/c1-10-15(23-28-22-10)16(25)20-7-11-12-8-24(9-18(12)5-3-13(11)27-18)17-19-6-4-14(21-17)26-2/h4,6,11-13H,3,5,7-9H2,1-2H3,(H,20,25)/t11-,12+,13+,18+/m0/s1. The molecule has 3 saturated heterocycles. The molecule has 0 saturated carbocycles. The number of nitrogens with one attached hydrogen (secondary N) is 1. The molecule has 1 amide bonds. The number of rotatable bonds is 5. The Kier molecular flexibility index (Phi) is 3.97. The molecular formula is C18H22N6O4. The van der Waals surface area contributed by atoms with Crippen LogP contribution in [0.2, 0.25) is 0 Å². The lowest BCUT2D eigenvalue weighted by molar-refractivity contribution is 0.0141. The van der Waals surface area contributed by atoms with Crippen molar-refractivity contribution in [3.05, 3.63) is 23.7 Å². The van der Waals surface area contributed by atoms with Gasteiger partial charge in [-0.15, -0.1) is 0 Å². The van der Waals surface area contributed by atoms with Crippen LogP contribution in [0.3, 0.4) is 0 Å². The van der Waals surface area contributed by atoms with E-state index in [2.05, 4.69) is 35.1 Å². The van der Waals surface area contributed by atoms with E-state index in [1.54, 1.807) is 26.3 Å². The number of anilines is 1. The average Bonchev–Trinajstić information content (AvgIpc) is 3.46. The molecule has 0 radical (unpaired) electrons. The van der Waals surface area contributed by atoms with Crippen LogP contribution >= 0.6 is 0 Å². The zero-order valence-electron chi connectivity index (χ0n) is 15.8. The highest BCUT2D eigenvalue weighted by Gasteiger charge is 2.63. The Balaban J connectivity index is 1.30. The Morgan fingerprint density at radius 1 is 1.46 bits per heavy atom. The van der Waals surface area contributed by atoms with E-state index < -0.39 is 0 Å². The number of amides is 1. The highest BCUT2D eigenvalue weighted by molar-refractivity contribution is 5.92. The van der Waals surface area contributed by atoms with Crippen LogP contribution in [-0.4, -0.2) is 64.6 Å². The van der Waals surface area contributed by atoms with Gasteiger partial charge in [0.1, 0.15) is 5.69 Å². The second-order valence-corrected chi connectivity index (χ2v) is 7.72. The Hall–Kier alpha value is -2.75. The van der Waals surface area contributed by atoms with Crippen LogP contribution < -0.4 is 15.0 Å². The number of methoxy groups -OCH3 is 1. The zero-order chi connectivity index (χ0) is 19.3. The monoisotopic (exact) mass is 386 g/mol.